The number of halogens is 1. The topological polar surface area (TPSA) is 72.1 Å². The zero-order valence-corrected chi connectivity index (χ0v) is 14.6. The van der Waals surface area contributed by atoms with Crippen LogP contribution in [0.5, 0.6) is 0 Å². The number of aromatic nitrogens is 3. The quantitative estimate of drug-likeness (QED) is 0.785. The van der Waals surface area contributed by atoms with Crippen LogP contribution >= 0.6 is 11.6 Å². The number of carbonyl (C=O) groups is 1. The van der Waals surface area contributed by atoms with Crippen LogP contribution in [0.15, 0.2) is 22.9 Å². The highest BCUT2D eigenvalue weighted by Crippen LogP contribution is 2.19. The fourth-order valence-corrected chi connectivity index (χ4v) is 2.04. The smallest absolute Gasteiger partial charge is 0.227 e. The molecule has 0 aliphatic carbocycles. The predicted molar refractivity (Wildman–Crippen MR) is 87.0 cm³/mol. The van der Waals surface area contributed by atoms with E-state index in [2.05, 4.69) is 15.1 Å². The van der Waals surface area contributed by atoms with E-state index in [0.717, 1.165) is 5.56 Å². The first-order valence-electron chi connectivity index (χ1n) is 7.43. The summed E-state index contributed by atoms with van der Waals surface area (Å²) in [5, 5.41) is 4.39. The molecular formula is C16H21ClN4O2. The fraction of sp³-hybridized carbons (Fsp3) is 0.500. The molecule has 2 rings (SSSR count). The summed E-state index contributed by atoms with van der Waals surface area (Å²) >= 11 is 5.75. The second kappa shape index (κ2) is 7.08. The Morgan fingerprint density at radius 3 is 2.65 bits per heavy atom. The van der Waals surface area contributed by atoms with Gasteiger partial charge in [-0.3, -0.25) is 4.79 Å². The van der Waals surface area contributed by atoms with Gasteiger partial charge in [0.25, 0.3) is 0 Å². The second-order valence-corrected chi connectivity index (χ2v) is 6.89. The Bertz CT molecular complexity index is 661. The van der Waals surface area contributed by atoms with Crippen LogP contribution in [-0.4, -0.2) is 33.0 Å². The Morgan fingerprint density at radius 1 is 1.35 bits per heavy atom. The van der Waals surface area contributed by atoms with Gasteiger partial charge in [0.2, 0.25) is 11.8 Å². The molecule has 0 saturated carbocycles. The number of hydrogen-bond acceptors (Lipinski definition) is 5. The molecule has 2 heterocycles. The summed E-state index contributed by atoms with van der Waals surface area (Å²) in [5.41, 5.74) is 0.766. The second-order valence-electron chi connectivity index (χ2n) is 6.50. The summed E-state index contributed by atoms with van der Waals surface area (Å²) in [5.74, 6) is 1.15. The molecule has 0 N–H and O–H groups in total. The summed E-state index contributed by atoms with van der Waals surface area (Å²) in [6.07, 6.45) is 2.42. The molecule has 124 valence electrons. The third kappa shape index (κ3) is 5.03. The summed E-state index contributed by atoms with van der Waals surface area (Å²) in [6, 6.07) is 3.56. The molecule has 7 heteroatoms. The molecule has 2 aromatic rings. The number of pyridine rings is 1. The fourth-order valence-electron chi connectivity index (χ4n) is 1.93. The van der Waals surface area contributed by atoms with Crippen molar-refractivity contribution in [2.24, 2.45) is 0 Å². The minimum absolute atomic E-state index is 0.00968. The first kappa shape index (κ1) is 17.4. The van der Waals surface area contributed by atoms with Gasteiger partial charge >= 0.3 is 0 Å². The van der Waals surface area contributed by atoms with Gasteiger partial charge in [0.1, 0.15) is 5.15 Å². The Kier molecular flexibility index (Phi) is 5.36. The summed E-state index contributed by atoms with van der Waals surface area (Å²) in [7, 11) is 1.76. The maximum atomic E-state index is 12.2. The maximum Gasteiger partial charge on any atom is 0.227 e. The van der Waals surface area contributed by atoms with Gasteiger partial charge in [0.15, 0.2) is 5.82 Å². The lowest BCUT2D eigenvalue weighted by Crippen LogP contribution is -2.26. The molecule has 6 nitrogen and oxygen atoms in total. The molecule has 0 fully saturated rings. The number of amides is 1. The number of aryl methyl sites for hydroxylation is 1. The van der Waals surface area contributed by atoms with Crippen LogP contribution in [0, 0.1) is 0 Å². The zero-order valence-electron chi connectivity index (χ0n) is 13.8. The van der Waals surface area contributed by atoms with E-state index in [0.29, 0.717) is 36.3 Å². The first-order chi connectivity index (χ1) is 10.8. The molecule has 0 bridgehead atoms. The van der Waals surface area contributed by atoms with Gasteiger partial charge in [0, 0.05) is 38.0 Å². The van der Waals surface area contributed by atoms with E-state index in [-0.39, 0.29) is 11.3 Å². The van der Waals surface area contributed by atoms with Crippen molar-refractivity contribution in [1.29, 1.82) is 0 Å². The van der Waals surface area contributed by atoms with Crippen molar-refractivity contribution in [1.82, 2.24) is 20.0 Å². The van der Waals surface area contributed by atoms with Crippen molar-refractivity contribution in [3.8, 4) is 0 Å². The van der Waals surface area contributed by atoms with Gasteiger partial charge in [-0.15, -0.1) is 0 Å². The number of rotatable bonds is 5. The van der Waals surface area contributed by atoms with Crippen molar-refractivity contribution in [3.63, 3.8) is 0 Å². The lowest BCUT2D eigenvalue weighted by Gasteiger charge is -2.16. The van der Waals surface area contributed by atoms with Gasteiger partial charge in [0.05, 0.1) is 0 Å². The van der Waals surface area contributed by atoms with E-state index in [1.54, 1.807) is 24.2 Å². The third-order valence-electron chi connectivity index (χ3n) is 3.33. The monoisotopic (exact) mass is 336 g/mol. The minimum Gasteiger partial charge on any atom is -0.341 e. The average Bonchev–Trinajstić information content (AvgIpc) is 2.96. The Labute approximate surface area is 140 Å². The number of nitrogens with zero attached hydrogens (tertiary/aromatic N) is 4. The summed E-state index contributed by atoms with van der Waals surface area (Å²) in [4.78, 5) is 22.2. The SMILES string of the molecule is CN(Cc1ccc(Cl)nc1)C(=O)CCc1nc(C(C)(C)C)no1. The van der Waals surface area contributed by atoms with Crippen LogP contribution in [0.4, 0.5) is 0 Å². The molecule has 0 saturated heterocycles. The molecule has 0 spiro atoms. The Hall–Kier alpha value is -1.95. The Morgan fingerprint density at radius 2 is 2.09 bits per heavy atom. The van der Waals surface area contributed by atoms with Crippen LogP contribution < -0.4 is 0 Å². The molecule has 0 aliphatic rings. The van der Waals surface area contributed by atoms with Gasteiger partial charge in [-0.05, 0) is 11.6 Å². The average molecular weight is 337 g/mol. The van der Waals surface area contributed by atoms with Gasteiger partial charge in [-0.2, -0.15) is 4.98 Å². The third-order valence-corrected chi connectivity index (χ3v) is 3.55. The van der Waals surface area contributed by atoms with Gasteiger partial charge in [-0.1, -0.05) is 43.6 Å². The summed E-state index contributed by atoms with van der Waals surface area (Å²) < 4.78 is 5.20. The molecule has 0 aliphatic heterocycles. The van der Waals surface area contributed by atoms with Crippen LogP contribution in [0.1, 0.15) is 44.5 Å². The Balaban J connectivity index is 1.86. The van der Waals surface area contributed by atoms with Crippen molar-refractivity contribution in [2.75, 3.05) is 7.05 Å². The predicted octanol–water partition coefficient (Wildman–Crippen LogP) is 3.01. The number of hydrogen-bond donors (Lipinski definition) is 0. The van der Waals surface area contributed by atoms with Crippen LogP contribution in [-0.2, 0) is 23.2 Å². The van der Waals surface area contributed by atoms with Crippen molar-refractivity contribution >= 4 is 17.5 Å². The van der Waals surface area contributed by atoms with Gasteiger partial charge < -0.3 is 9.42 Å². The number of carbonyl (C=O) groups excluding carboxylic acids is 1. The summed E-state index contributed by atoms with van der Waals surface area (Å²) in [6.45, 7) is 6.53. The molecule has 0 unspecified atom stereocenters. The highest BCUT2D eigenvalue weighted by atomic mass is 35.5. The maximum absolute atomic E-state index is 12.2. The molecule has 0 radical (unpaired) electrons. The minimum atomic E-state index is -0.163. The highest BCUT2D eigenvalue weighted by molar-refractivity contribution is 6.29. The van der Waals surface area contributed by atoms with E-state index in [1.807, 2.05) is 26.8 Å². The molecule has 0 atom stereocenters. The van der Waals surface area contributed by atoms with E-state index >= 15 is 0 Å². The van der Waals surface area contributed by atoms with Crippen molar-refractivity contribution < 1.29 is 9.32 Å². The molecule has 0 aromatic carbocycles. The molecule has 23 heavy (non-hydrogen) atoms. The molecule has 2 aromatic heterocycles. The standard InChI is InChI=1S/C16H21ClN4O2/c1-16(2,3)15-19-13(23-20-15)7-8-14(22)21(4)10-11-5-6-12(17)18-9-11/h5-6,9H,7-8,10H2,1-4H3. The van der Waals surface area contributed by atoms with Gasteiger partial charge in [-0.25, -0.2) is 4.98 Å². The van der Waals surface area contributed by atoms with Crippen LogP contribution in [0.3, 0.4) is 0 Å². The van der Waals surface area contributed by atoms with Crippen molar-refractivity contribution in [2.45, 2.75) is 45.6 Å². The lowest BCUT2D eigenvalue weighted by molar-refractivity contribution is -0.130. The van der Waals surface area contributed by atoms with E-state index in [1.165, 1.54) is 0 Å². The van der Waals surface area contributed by atoms with E-state index < -0.39 is 0 Å². The normalized spacial score (nSPS) is 11.5. The van der Waals surface area contributed by atoms with Crippen molar-refractivity contribution in [3.05, 3.63) is 40.8 Å². The van der Waals surface area contributed by atoms with E-state index in [4.69, 9.17) is 16.1 Å². The largest absolute Gasteiger partial charge is 0.341 e. The molecular weight excluding hydrogens is 316 g/mol. The van der Waals surface area contributed by atoms with Crippen LogP contribution in [0.2, 0.25) is 5.15 Å². The first-order valence-corrected chi connectivity index (χ1v) is 7.81. The zero-order chi connectivity index (χ0) is 17.0. The lowest BCUT2D eigenvalue weighted by atomic mass is 9.96. The highest BCUT2D eigenvalue weighted by Gasteiger charge is 2.21. The molecule has 1 amide bonds. The van der Waals surface area contributed by atoms with Crippen LogP contribution in [0.25, 0.3) is 0 Å². The van der Waals surface area contributed by atoms with E-state index in [9.17, 15) is 4.79 Å².